The monoisotopic (exact) mass is 836 g/mol. The van der Waals surface area contributed by atoms with Gasteiger partial charge in [-0.15, -0.1) is 31.5 Å². The lowest BCUT2D eigenvalue weighted by atomic mass is 9.86. The Labute approximate surface area is 331 Å². The molecule has 12 nitrogen and oxygen atoms in total. The predicted molar refractivity (Wildman–Crippen MR) is 216 cm³/mol. The molecule has 0 amide bonds. The molecule has 0 spiro atoms. The van der Waals surface area contributed by atoms with E-state index in [0.717, 1.165) is 72.6 Å². The van der Waals surface area contributed by atoms with Gasteiger partial charge in [-0.1, -0.05) is 13.8 Å². The lowest BCUT2D eigenvalue weighted by Gasteiger charge is -2.39. The van der Waals surface area contributed by atoms with Gasteiger partial charge in [0.05, 0.1) is 28.5 Å². The molecule has 0 radical (unpaired) electrons. The number of hydrazine groups is 1. The van der Waals surface area contributed by atoms with Crippen LogP contribution in [0.15, 0.2) is 42.0 Å². The molecule has 2 aliphatic rings. The van der Waals surface area contributed by atoms with Crippen LogP contribution in [0.1, 0.15) is 82.9 Å². The summed E-state index contributed by atoms with van der Waals surface area (Å²) in [6, 6.07) is 6.55. The number of nitrogens with one attached hydrogen (secondary N) is 2. The van der Waals surface area contributed by atoms with E-state index in [9.17, 15) is 25.6 Å². The molecule has 4 heterocycles. The van der Waals surface area contributed by atoms with Crippen LogP contribution in [0.4, 0.5) is 19.0 Å². The first-order valence-corrected chi connectivity index (χ1v) is 24.0. The number of aryl methyl sites for hydroxylation is 1. The maximum absolute atomic E-state index is 14.2. The van der Waals surface area contributed by atoms with Crippen LogP contribution >= 0.6 is 22.7 Å². The second kappa shape index (κ2) is 18.4. The summed E-state index contributed by atoms with van der Waals surface area (Å²) in [6.45, 7) is 5.80. The Balaban J connectivity index is 1.09. The van der Waals surface area contributed by atoms with E-state index in [2.05, 4.69) is 25.6 Å². The molecule has 2 saturated carbocycles. The van der Waals surface area contributed by atoms with Crippen LogP contribution in [0.25, 0.3) is 22.5 Å². The Kier molecular flexibility index (Phi) is 13.9. The fraction of sp³-hybridized carbons (Fsp3) is 0.568. The zero-order chi connectivity index (χ0) is 39.2. The van der Waals surface area contributed by atoms with Crippen molar-refractivity contribution in [1.82, 2.24) is 28.8 Å². The van der Waals surface area contributed by atoms with Gasteiger partial charge in [0.1, 0.15) is 0 Å². The van der Waals surface area contributed by atoms with Gasteiger partial charge < -0.3 is 10.6 Å². The van der Waals surface area contributed by atoms with Crippen LogP contribution in [0, 0.1) is 30.7 Å². The number of rotatable bonds is 17. The van der Waals surface area contributed by atoms with Gasteiger partial charge in [0, 0.05) is 53.4 Å². The molecule has 0 aromatic carbocycles. The largest absolute Gasteiger partial charge is 0.359 e. The van der Waals surface area contributed by atoms with E-state index in [-0.39, 0.29) is 48.5 Å². The van der Waals surface area contributed by atoms with E-state index >= 15 is 0 Å². The minimum Gasteiger partial charge on any atom is -0.359 e. The lowest BCUT2D eigenvalue weighted by Crippen LogP contribution is -2.54. The van der Waals surface area contributed by atoms with Crippen molar-refractivity contribution in [1.29, 1.82) is 0 Å². The van der Waals surface area contributed by atoms with E-state index in [1.165, 1.54) is 50.0 Å². The van der Waals surface area contributed by atoms with E-state index in [4.69, 9.17) is 4.98 Å². The van der Waals surface area contributed by atoms with E-state index in [1.54, 1.807) is 37.4 Å². The second-order valence-electron chi connectivity index (χ2n) is 14.5. The number of aromatic nitrogens is 4. The summed E-state index contributed by atoms with van der Waals surface area (Å²) in [5.74, 6) is -1.40. The van der Waals surface area contributed by atoms with Crippen molar-refractivity contribution in [2.75, 3.05) is 35.2 Å². The Bertz CT molecular complexity index is 2080. The number of pyridine rings is 2. The van der Waals surface area contributed by atoms with Gasteiger partial charge in [-0.25, -0.2) is 36.8 Å². The van der Waals surface area contributed by atoms with Crippen molar-refractivity contribution in [3.05, 3.63) is 58.8 Å². The van der Waals surface area contributed by atoms with E-state index < -0.39 is 31.9 Å². The Morgan fingerprint density at radius 3 is 1.89 bits per heavy atom. The third kappa shape index (κ3) is 10.6. The van der Waals surface area contributed by atoms with Gasteiger partial charge >= 0.3 is 0 Å². The third-order valence-electron chi connectivity index (χ3n) is 10.3. The molecule has 0 bridgehead atoms. The van der Waals surface area contributed by atoms with E-state index in [1.807, 2.05) is 6.92 Å². The quantitative estimate of drug-likeness (QED) is 0.0793. The SMILES string of the molecule is CCCS(=O)(=O)N(CC1CCC(Nc2nc(-c3cccnc3F)cs2)CC1)N(CC1CCC(Nc2nc(-c3ccc(F)nc3)c(C)s2)CC1)S(=O)(=O)CCC. The third-order valence-corrected chi connectivity index (χ3v) is 15.9. The minimum atomic E-state index is -3.92. The van der Waals surface area contributed by atoms with Crippen molar-refractivity contribution in [3.8, 4) is 22.5 Å². The molecule has 2 fully saturated rings. The van der Waals surface area contributed by atoms with Crippen LogP contribution in [0.5, 0.6) is 0 Å². The van der Waals surface area contributed by atoms with Gasteiger partial charge in [0.25, 0.3) is 0 Å². The summed E-state index contributed by atoms with van der Waals surface area (Å²) in [5, 5.41) is 10.3. The number of hydrogen-bond acceptors (Lipinski definition) is 12. The Hall–Kier alpha value is -3.16. The molecular formula is C37H50F2N8O4S4. The molecule has 18 heteroatoms. The fourth-order valence-electron chi connectivity index (χ4n) is 7.47. The number of nitrogens with zero attached hydrogens (tertiary/aromatic N) is 6. The first-order valence-electron chi connectivity index (χ1n) is 19.0. The summed E-state index contributed by atoms with van der Waals surface area (Å²) in [6.07, 6.45) is 9.65. The topological polar surface area (TPSA) is 150 Å². The molecule has 2 N–H and O–H groups in total. The molecule has 2 aliphatic carbocycles. The van der Waals surface area contributed by atoms with Gasteiger partial charge in [0.2, 0.25) is 31.9 Å². The summed E-state index contributed by atoms with van der Waals surface area (Å²) >= 11 is 2.93. The molecular weight excluding hydrogens is 787 g/mol. The van der Waals surface area contributed by atoms with Gasteiger partial charge in [0.15, 0.2) is 10.3 Å². The van der Waals surface area contributed by atoms with Crippen LogP contribution in [-0.4, -0.2) is 82.3 Å². The van der Waals surface area contributed by atoms with Gasteiger partial charge in [-0.3, -0.25) is 0 Å². The molecule has 55 heavy (non-hydrogen) atoms. The molecule has 0 atom stereocenters. The molecule has 0 aliphatic heterocycles. The Morgan fingerprint density at radius 2 is 1.36 bits per heavy atom. The second-order valence-corrected chi connectivity index (χ2v) is 20.6. The van der Waals surface area contributed by atoms with Crippen LogP contribution < -0.4 is 10.6 Å². The Morgan fingerprint density at radius 1 is 0.782 bits per heavy atom. The van der Waals surface area contributed by atoms with E-state index in [0.29, 0.717) is 29.2 Å². The molecule has 4 aromatic heterocycles. The van der Waals surface area contributed by atoms with Gasteiger partial charge in [-0.2, -0.15) is 8.78 Å². The van der Waals surface area contributed by atoms with Gasteiger partial charge in [-0.05, 0) is 107 Å². The minimum absolute atomic E-state index is 0.00819. The average Bonchev–Trinajstić information content (AvgIpc) is 3.77. The summed E-state index contributed by atoms with van der Waals surface area (Å²) in [5.41, 5.74) is 2.37. The lowest BCUT2D eigenvalue weighted by molar-refractivity contribution is 0.100. The summed E-state index contributed by atoms with van der Waals surface area (Å²) in [4.78, 5) is 17.8. The maximum atomic E-state index is 14.2. The van der Waals surface area contributed by atoms with Crippen molar-refractivity contribution in [2.24, 2.45) is 11.8 Å². The van der Waals surface area contributed by atoms with Crippen molar-refractivity contribution in [2.45, 2.75) is 97.1 Å². The molecule has 0 saturated heterocycles. The zero-order valence-electron chi connectivity index (χ0n) is 31.5. The van der Waals surface area contributed by atoms with Crippen LogP contribution in [0.2, 0.25) is 0 Å². The highest BCUT2D eigenvalue weighted by molar-refractivity contribution is 7.91. The number of halogens is 2. The standard InChI is InChI=1S/C37H50F2N8O4S4/c1-4-19-54(48,49)46(22-26-8-13-29(14-9-26)42-36-44-32(24-52-36)31-7-6-18-40-35(31)39)47(55(50,51)20-5-2)23-27-10-15-30(16-11-27)43-37-45-34(25(3)53-37)28-12-17-33(38)41-21-28/h6-7,12,17-18,21,24,26-27,29-30H,4-5,8-11,13-16,19-20,22-23H2,1-3H3,(H,42,44)(H,43,45). The zero-order valence-corrected chi connectivity index (χ0v) is 34.7. The molecule has 300 valence electrons. The number of thiazole rings is 2. The highest BCUT2D eigenvalue weighted by atomic mass is 32.2. The predicted octanol–water partition coefficient (Wildman–Crippen LogP) is 7.95. The molecule has 0 unspecified atom stereocenters. The van der Waals surface area contributed by atoms with Crippen molar-refractivity contribution >= 4 is 53.0 Å². The number of sulfonamides is 2. The molecule has 6 rings (SSSR count). The first kappa shape index (κ1) is 41.5. The highest BCUT2D eigenvalue weighted by Crippen LogP contribution is 2.35. The normalized spacial score (nSPS) is 20.9. The van der Waals surface area contributed by atoms with Crippen molar-refractivity contribution in [3.63, 3.8) is 0 Å². The average molecular weight is 837 g/mol. The van der Waals surface area contributed by atoms with Crippen LogP contribution in [0.3, 0.4) is 0 Å². The first-order chi connectivity index (χ1) is 26.3. The number of anilines is 2. The number of hydrogen-bond donors (Lipinski definition) is 2. The molecule has 4 aromatic rings. The fourth-order valence-corrected chi connectivity index (χ4v) is 12.8. The maximum Gasteiger partial charge on any atom is 0.227 e. The smallest absolute Gasteiger partial charge is 0.227 e. The summed E-state index contributed by atoms with van der Waals surface area (Å²) in [7, 11) is -7.83. The van der Waals surface area contributed by atoms with Crippen molar-refractivity contribution < 1.29 is 25.6 Å². The highest BCUT2D eigenvalue weighted by Gasteiger charge is 2.39. The summed E-state index contributed by atoms with van der Waals surface area (Å²) < 4.78 is 85.7. The van der Waals surface area contributed by atoms with Crippen LogP contribution in [-0.2, 0) is 20.0 Å².